The van der Waals surface area contributed by atoms with Gasteiger partial charge in [-0.2, -0.15) is 0 Å². The minimum absolute atomic E-state index is 0.338. The third kappa shape index (κ3) is 0.550. The molecular formula is C10H10O. The summed E-state index contributed by atoms with van der Waals surface area (Å²) in [6.07, 6.45) is 9.64. The van der Waals surface area contributed by atoms with Crippen LogP contribution in [0, 0.1) is 23.7 Å². The molecule has 0 amide bonds. The van der Waals surface area contributed by atoms with Gasteiger partial charge in [-0.1, -0.05) is 18.2 Å². The van der Waals surface area contributed by atoms with Gasteiger partial charge in [-0.15, -0.1) is 0 Å². The van der Waals surface area contributed by atoms with E-state index < -0.39 is 0 Å². The summed E-state index contributed by atoms with van der Waals surface area (Å²) in [5.41, 5.74) is 0. The van der Waals surface area contributed by atoms with Crippen molar-refractivity contribution in [2.45, 2.75) is 6.42 Å². The monoisotopic (exact) mass is 146 g/mol. The SMILES string of the molecule is O=C1C=C[C@H]2[C@H]1[C@H]1C=C[C@@H]2C1. The summed E-state index contributed by atoms with van der Waals surface area (Å²) in [5, 5.41) is 0. The summed E-state index contributed by atoms with van der Waals surface area (Å²) < 4.78 is 0. The molecule has 4 atom stereocenters. The highest BCUT2D eigenvalue weighted by atomic mass is 16.1. The predicted molar refractivity (Wildman–Crippen MR) is 41.9 cm³/mol. The topological polar surface area (TPSA) is 17.1 Å². The molecular weight excluding hydrogens is 136 g/mol. The first-order valence-corrected chi connectivity index (χ1v) is 4.26. The van der Waals surface area contributed by atoms with Gasteiger partial charge in [0.2, 0.25) is 0 Å². The van der Waals surface area contributed by atoms with Crippen molar-refractivity contribution in [3.63, 3.8) is 0 Å². The quantitative estimate of drug-likeness (QED) is 0.474. The van der Waals surface area contributed by atoms with Crippen LogP contribution in [0.25, 0.3) is 0 Å². The van der Waals surface area contributed by atoms with Crippen LogP contribution >= 0.6 is 0 Å². The minimum Gasteiger partial charge on any atom is -0.295 e. The first kappa shape index (κ1) is 5.76. The molecule has 0 radical (unpaired) electrons. The fourth-order valence-corrected chi connectivity index (χ4v) is 2.84. The molecule has 0 heterocycles. The molecule has 0 aliphatic heterocycles. The Bertz CT molecular complexity index is 275. The van der Waals surface area contributed by atoms with Gasteiger partial charge in [0.05, 0.1) is 0 Å². The van der Waals surface area contributed by atoms with Gasteiger partial charge in [0.25, 0.3) is 0 Å². The zero-order valence-corrected chi connectivity index (χ0v) is 6.23. The Labute approximate surface area is 65.8 Å². The second-order valence-corrected chi connectivity index (χ2v) is 3.81. The lowest BCUT2D eigenvalue weighted by molar-refractivity contribution is -0.118. The Hall–Kier alpha value is -0.850. The standard InChI is InChI=1S/C10H10O/c11-9-4-3-8-6-1-2-7(5-6)10(8)9/h1-4,6-8,10H,5H2/t6-,7+,8-,10-/m1/s1. The number of hydrogen-bond acceptors (Lipinski definition) is 1. The largest absolute Gasteiger partial charge is 0.295 e. The minimum atomic E-state index is 0.338. The second kappa shape index (κ2) is 1.66. The van der Waals surface area contributed by atoms with Gasteiger partial charge in [0.1, 0.15) is 0 Å². The summed E-state index contributed by atoms with van der Waals surface area (Å²) in [6.45, 7) is 0. The maximum absolute atomic E-state index is 11.3. The number of carbonyl (C=O) groups is 1. The van der Waals surface area contributed by atoms with Gasteiger partial charge in [-0.05, 0) is 30.3 Å². The molecule has 1 saturated carbocycles. The van der Waals surface area contributed by atoms with Crippen molar-refractivity contribution in [3.05, 3.63) is 24.3 Å². The van der Waals surface area contributed by atoms with Crippen molar-refractivity contribution in [2.75, 3.05) is 0 Å². The van der Waals surface area contributed by atoms with E-state index in [2.05, 4.69) is 18.2 Å². The molecule has 56 valence electrons. The number of allylic oxidation sites excluding steroid dienone is 4. The van der Waals surface area contributed by atoms with E-state index in [1.165, 1.54) is 6.42 Å². The lowest BCUT2D eigenvalue weighted by Crippen LogP contribution is -2.19. The molecule has 1 fully saturated rings. The van der Waals surface area contributed by atoms with Gasteiger partial charge in [0.15, 0.2) is 5.78 Å². The first-order chi connectivity index (χ1) is 5.36. The highest BCUT2D eigenvalue weighted by Gasteiger charge is 2.48. The van der Waals surface area contributed by atoms with Crippen molar-refractivity contribution in [3.8, 4) is 0 Å². The maximum Gasteiger partial charge on any atom is 0.159 e. The van der Waals surface area contributed by atoms with Gasteiger partial charge in [-0.25, -0.2) is 0 Å². The van der Waals surface area contributed by atoms with E-state index in [0.717, 1.165) is 0 Å². The molecule has 3 rings (SSSR count). The molecule has 0 N–H and O–H groups in total. The molecule has 3 aliphatic carbocycles. The lowest BCUT2D eigenvalue weighted by Gasteiger charge is -2.17. The van der Waals surface area contributed by atoms with Crippen LogP contribution < -0.4 is 0 Å². The van der Waals surface area contributed by atoms with Crippen molar-refractivity contribution < 1.29 is 4.79 Å². The average Bonchev–Trinajstić information content (AvgIpc) is 2.60. The Morgan fingerprint density at radius 3 is 2.82 bits per heavy atom. The number of ketones is 1. The van der Waals surface area contributed by atoms with E-state index in [4.69, 9.17) is 0 Å². The summed E-state index contributed by atoms with van der Waals surface area (Å²) in [7, 11) is 0. The highest BCUT2D eigenvalue weighted by molar-refractivity contribution is 5.95. The average molecular weight is 146 g/mol. The summed E-state index contributed by atoms with van der Waals surface area (Å²) in [5.74, 6) is 2.54. The Morgan fingerprint density at radius 2 is 2.00 bits per heavy atom. The molecule has 1 heteroatoms. The van der Waals surface area contributed by atoms with Crippen LogP contribution in [0.2, 0.25) is 0 Å². The Kier molecular flexibility index (Phi) is 0.867. The fourth-order valence-electron chi connectivity index (χ4n) is 2.84. The van der Waals surface area contributed by atoms with E-state index in [9.17, 15) is 4.79 Å². The van der Waals surface area contributed by atoms with Crippen molar-refractivity contribution in [2.24, 2.45) is 23.7 Å². The molecule has 0 aromatic carbocycles. The van der Waals surface area contributed by atoms with Gasteiger partial charge in [0, 0.05) is 5.92 Å². The van der Waals surface area contributed by atoms with Crippen molar-refractivity contribution >= 4 is 5.78 Å². The second-order valence-electron chi connectivity index (χ2n) is 3.81. The predicted octanol–water partition coefficient (Wildman–Crippen LogP) is 1.56. The number of hydrogen-bond donors (Lipinski definition) is 0. The molecule has 0 saturated heterocycles. The highest BCUT2D eigenvalue weighted by Crippen LogP contribution is 2.51. The van der Waals surface area contributed by atoms with Crippen molar-refractivity contribution in [1.29, 1.82) is 0 Å². The molecule has 0 aromatic heterocycles. The number of carbonyl (C=O) groups excluding carboxylic acids is 1. The van der Waals surface area contributed by atoms with E-state index in [0.29, 0.717) is 29.5 Å². The first-order valence-electron chi connectivity index (χ1n) is 4.26. The lowest BCUT2D eigenvalue weighted by atomic mass is 9.85. The van der Waals surface area contributed by atoms with Crippen molar-refractivity contribution in [1.82, 2.24) is 0 Å². The van der Waals surface area contributed by atoms with Gasteiger partial charge < -0.3 is 0 Å². The van der Waals surface area contributed by atoms with Crippen LogP contribution in [0.5, 0.6) is 0 Å². The van der Waals surface area contributed by atoms with E-state index in [-0.39, 0.29) is 0 Å². The molecule has 0 aromatic rings. The van der Waals surface area contributed by atoms with Crippen LogP contribution in [0.1, 0.15) is 6.42 Å². The summed E-state index contributed by atoms with van der Waals surface area (Å²) in [6, 6.07) is 0. The van der Waals surface area contributed by atoms with E-state index in [1.54, 1.807) is 6.08 Å². The summed E-state index contributed by atoms with van der Waals surface area (Å²) in [4.78, 5) is 11.3. The number of rotatable bonds is 0. The van der Waals surface area contributed by atoms with Crippen LogP contribution in [0.15, 0.2) is 24.3 Å². The third-order valence-corrected chi connectivity index (χ3v) is 3.33. The van der Waals surface area contributed by atoms with E-state index >= 15 is 0 Å². The Morgan fingerprint density at radius 1 is 1.18 bits per heavy atom. The number of fused-ring (bicyclic) bond motifs is 5. The molecule has 11 heavy (non-hydrogen) atoms. The van der Waals surface area contributed by atoms with E-state index in [1.807, 2.05) is 0 Å². The smallest absolute Gasteiger partial charge is 0.159 e. The zero-order valence-electron chi connectivity index (χ0n) is 6.23. The Balaban J connectivity index is 2.08. The normalized spacial score (nSPS) is 50.7. The van der Waals surface area contributed by atoms with Crippen LogP contribution in [-0.2, 0) is 4.79 Å². The maximum atomic E-state index is 11.3. The zero-order chi connectivity index (χ0) is 7.42. The van der Waals surface area contributed by atoms with Crippen LogP contribution in [0.4, 0.5) is 0 Å². The third-order valence-electron chi connectivity index (χ3n) is 3.33. The summed E-state index contributed by atoms with van der Waals surface area (Å²) >= 11 is 0. The van der Waals surface area contributed by atoms with Gasteiger partial charge >= 0.3 is 0 Å². The van der Waals surface area contributed by atoms with Gasteiger partial charge in [-0.3, -0.25) is 4.79 Å². The molecule has 1 nitrogen and oxygen atoms in total. The van der Waals surface area contributed by atoms with Crippen LogP contribution in [-0.4, -0.2) is 5.78 Å². The molecule has 3 aliphatic rings. The van der Waals surface area contributed by atoms with Crippen LogP contribution in [0.3, 0.4) is 0 Å². The molecule has 0 unspecified atom stereocenters. The molecule has 0 spiro atoms. The molecule has 2 bridgehead atoms. The fraction of sp³-hybridized carbons (Fsp3) is 0.500.